The van der Waals surface area contributed by atoms with E-state index in [1.165, 1.54) is 32.6 Å². The molecule has 2 aliphatic carbocycles. The van der Waals surface area contributed by atoms with Gasteiger partial charge >= 0.3 is 17.9 Å². The fraction of sp³-hybridized carbons (Fsp3) is 0.531. The zero-order valence-electron chi connectivity index (χ0n) is 25.0. The number of ketones is 2. The normalized spacial score (nSPS) is 31.8. The van der Waals surface area contributed by atoms with Crippen LogP contribution in [0.3, 0.4) is 0 Å². The second-order valence-corrected chi connectivity index (χ2v) is 12.3. The van der Waals surface area contributed by atoms with Gasteiger partial charge in [0.2, 0.25) is 0 Å². The maximum Gasteiger partial charge on any atom is 0.334 e. The lowest BCUT2D eigenvalue weighted by atomic mass is 9.56. The lowest BCUT2D eigenvalue weighted by Crippen LogP contribution is -2.62. The predicted molar refractivity (Wildman–Crippen MR) is 148 cm³/mol. The molecule has 0 saturated heterocycles. The van der Waals surface area contributed by atoms with Crippen LogP contribution < -0.4 is 0 Å². The first-order valence-electron chi connectivity index (χ1n) is 14.0. The topological polar surface area (TPSA) is 146 Å². The fourth-order valence-electron chi connectivity index (χ4n) is 6.64. The number of ether oxygens (including phenoxy) is 3. The van der Waals surface area contributed by atoms with Crippen LogP contribution in [0.2, 0.25) is 0 Å². The summed E-state index contributed by atoms with van der Waals surface area (Å²) in [7, 11) is 1.27. The van der Waals surface area contributed by atoms with Gasteiger partial charge in [-0.2, -0.15) is 0 Å². The van der Waals surface area contributed by atoms with E-state index in [-0.39, 0.29) is 36.0 Å². The van der Waals surface area contributed by atoms with Crippen LogP contribution >= 0.6 is 0 Å². The minimum Gasteiger partial charge on any atom is -0.472 e. The van der Waals surface area contributed by atoms with E-state index in [4.69, 9.17) is 18.6 Å². The summed E-state index contributed by atoms with van der Waals surface area (Å²) < 4.78 is 21.7. The molecule has 226 valence electrons. The maximum atomic E-state index is 14.0. The van der Waals surface area contributed by atoms with Gasteiger partial charge in [-0.3, -0.25) is 14.4 Å². The van der Waals surface area contributed by atoms with Crippen LogP contribution in [0.5, 0.6) is 0 Å². The van der Waals surface area contributed by atoms with E-state index < -0.39 is 69.9 Å². The monoisotopic (exact) mass is 582 g/mol. The first-order valence-corrected chi connectivity index (χ1v) is 14.0. The summed E-state index contributed by atoms with van der Waals surface area (Å²) in [6.07, 6.45) is 4.35. The SMILES string of the molecule is C/C=C(\C)C(=O)O[C@H](C1=CC(C)(C)[C@@H](CC(=O)OC)[C@@H](C)C1=O)[C@@]1(O)C(=O)CC[C@]2(C)C1=CC(=O)O[C@H]2c1ccoc1. The number of rotatable bonds is 7. The molecule has 42 heavy (non-hydrogen) atoms. The summed E-state index contributed by atoms with van der Waals surface area (Å²) in [5, 5.41) is 12.6. The van der Waals surface area contributed by atoms with Gasteiger partial charge in [0.1, 0.15) is 6.10 Å². The molecule has 10 heteroatoms. The Bertz CT molecular complexity index is 1390. The molecule has 1 N–H and O–H groups in total. The third kappa shape index (κ3) is 5.06. The molecule has 1 aromatic rings. The minimum atomic E-state index is -2.56. The smallest absolute Gasteiger partial charge is 0.334 e. The molecular weight excluding hydrogens is 544 g/mol. The van der Waals surface area contributed by atoms with Crippen LogP contribution in [0.4, 0.5) is 0 Å². The van der Waals surface area contributed by atoms with Gasteiger partial charge < -0.3 is 23.7 Å². The van der Waals surface area contributed by atoms with E-state index in [1.807, 2.05) is 13.8 Å². The highest BCUT2D eigenvalue weighted by Gasteiger charge is 2.64. The quantitative estimate of drug-likeness (QED) is 0.283. The van der Waals surface area contributed by atoms with Crippen molar-refractivity contribution in [3.05, 3.63) is 59.1 Å². The number of hydrogen-bond acceptors (Lipinski definition) is 10. The average Bonchev–Trinajstić information content (AvgIpc) is 3.49. The minimum absolute atomic E-state index is 0.000439. The third-order valence-electron chi connectivity index (χ3n) is 9.28. The highest BCUT2D eigenvalue weighted by Crippen LogP contribution is 2.58. The van der Waals surface area contributed by atoms with E-state index >= 15 is 0 Å². The molecule has 1 saturated carbocycles. The maximum absolute atomic E-state index is 14.0. The van der Waals surface area contributed by atoms with Crippen LogP contribution in [0.15, 0.2) is 58.0 Å². The molecule has 1 aromatic heterocycles. The lowest BCUT2D eigenvalue weighted by Gasteiger charge is -2.52. The lowest BCUT2D eigenvalue weighted by molar-refractivity contribution is -0.173. The van der Waals surface area contributed by atoms with Crippen LogP contribution in [-0.2, 0) is 38.2 Å². The van der Waals surface area contributed by atoms with Crippen molar-refractivity contribution in [3.63, 3.8) is 0 Å². The Kier molecular flexibility index (Phi) is 8.25. The standard InChI is InChI=1S/C32H38O10/c1-8-17(2)29(37)42-28(20-15-30(4,5)21(13-24(34)39-7)18(3)26(20)36)32(38)22-14-25(35)41-27(19-10-12-40-16-19)31(22,6)11-9-23(32)33/h8,10,12,14-16,18,21,27-28,38H,9,11,13H2,1-7H3/b17-8+/t18-,21+,27+,28-,31-,32+/m1/s1. The van der Waals surface area contributed by atoms with E-state index in [0.717, 1.165) is 6.08 Å². The van der Waals surface area contributed by atoms with Crippen molar-refractivity contribution in [2.45, 2.75) is 78.6 Å². The number of furan rings is 1. The Balaban J connectivity index is 1.93. The molecule has 6 atom stereocenters. The van der Waals surface area contributed by atoms with Gasteiger partial charge in [0.25, 0.3) is 0 Å². The molecule has 10 nitrogen and oxygen atoms in total. The van der Waals surface area contributed by atoms with Crippen molar-refractivity contribution in [2.24, 2.45) is 22.7 Å². The third-order valence-corrected chi connectivity index (χ3v) is 9.28. The van der Waals surface area contributed by atoms with Crippen LogP contribution in [-0.4, -0.2) is 53.4 Å². The Morgan fingerprint density at radius 2 is 1.90 bits per heavy atom. The van der Waals surface area contributed by atoms with Crippen LogP contribution in [0.1, 0.15) is 72.5 Å². The number of carbonyl (C=O) groups is 5. The number of allylic oxidation sites excluding steroid dienone is 2. The van der Waals surface area contributed by atoms with Gasteiger partial charge in [0.15, 0.2) is 23.3 Å². The summed E-state index contributed by atoms with van der Waals surface area (Å²) in [4.78, 5) is 66.3. The first-order chi connectivity index (χ1) is 19.6. The summed E-state index contributed by atoms with van der Waals surface area (Å²) in [5.41, 5.74) is -3.83. The van der Waals surface area contributed by atoms with Crippen LogP contribution in [0, 0.1) is 22.7 Å². The molecule has 0 spiro atoms. The van der Waals surface area contributed by atoms with Gasteiger partial charge in [0.05, 0.1) is 19.6 Å². The average molecular weight is 583 g/mol. The molecule has 0 amide bonds. The van der Waals surface area contributed by atoms with Gasteiger partial charge in [-0.25, -0.2) is 9.59 Å². The van der Waals surface area contributed by atoms with Crippen molar-refractivity contribution >= 4 is 29.5 Å². The van der Waals surface area contributed by atoms with Gasteiger partial charge in [-0.15, -0.1) is 0 Å². The largest absolute Gasteiger partial charge is 0.472 e. The van der Waals surface area contributed by atoms with Gasteiger partial charge in [-0.1, -0.05) is 39.8 Å². The zero-order chi connectivity index (χ0) is 31.2. The second-order valence-electron chi connectivity index (χ2n) is 12.3. The molecule has 0 radical (unpaired) electrons. The Morgan fingerprint density at radius 3 is 2.50 bits per heavy atom. The summed E-state index contributed by atoms with van der Waals surface area (Å²) in [5.74, 6) is -4.52. The van der Waals surface area contributed by atoms with Crippen molar-refractivity contribution in [2.75, 3.05) is 7.11 Å². The number of aliphatic hydroxyl groups is 1. The van der Waals surface area contributed by atoms with Crippen molar-refractivity contribution < 1.29 is 47.7 Å². The number of carbonyl (C=O) groups excluding carboxylic acids is 5. The van der Waals surface area contributed by atoms with E-state index in [9.17, 15) is 29.1 Å². The number of cyclic esters (lactones) is 1. The Morgan fingerprint density at radius 1 is 1.21 bits per heavy atom. The molecule has 1 aliphatic heterocycles. The Labute approximate surface area is 244 Å². The summed E-state index contributed by atoms with van der Waals surface area (Å²) in [6.45, 7) is 10.2. The highest BCUT2D eigenvalue weighted by atomic mass is 16.6. The van der Waals surface area contributed by atoms with E-state index in [1.54, 1.807) is 32.9 Å². The fourth-order valence-corrected chi connectivity index (χ4v) is 6.64. The molecule has 1 fully saturated rings. The number of hydrogen-bond donors (Lipinski definition) is 1. The zero-order valence-corrected chi connectivity index (χ0v) is 25.0. The van der Waals surface area contributed by atoms with Crippen molar-refractivity contribution in [1.29, 1.82) is 0 Å². The van der Waals surface area contributed by atoms with Crippen molar-refractivity contribution in [1.82, 2.24) is 0 Å². The molecule has 3 aliphatic rings. The number of methoxy groups -OCH3 is 1. The number of Topliss-reactive ketones (excluding diaryl/α,β-unsaturated/α-hetero) is 2. The molecule has 0 bridgehead atoms. The first kappa shape index (κ1) is 31.2. The summed E-state index contributed by atoms with van der Waals surface area (Å²) in [6, 6.07) is 1.63. The summed E-state index contributed by atoms with van der Waals surface area (Å²) >= 11 is 0. The van der Waals surface area contributed by atoms with Gasteiger partial charge in [-0.05, 0) is 43.2 Å². The second kappa shape index (κ2) is 11.1. The highest BCUT2D eigenvalue weighted by molar-refractivity contribution is 6.04. The van der Waals surface area contributed by atoms with E-state index in [0.29, 0.717) is 5.56 Å². The van der Waals surface area contributed by atoms with Gasteiger partial charge in [0, 0.05) is 47.0 Å². The molecule has 0 aromatic carbocycles. The van der Waals surface area contributed by atoms with E-state index in [2.05, 4.69) is 0 Å². The molecule has 2 heterocycles. The molecular formula is C32H38O10. The van der Waals surface area contributed by atoms with Crippen LogP contribution in [0.25, 0.3) is 0 Å². The van der Waals surface area contributed by atoms with Crippen molar-refractivity contribution in [3.8, 4) is 0 Å². The molecule has 4 rings (SSSR count). The Hall–Kier alpha value is -3.79. The predicted octanol–water partition coefficient (Wildman–Crippen LogP) is 4.13. The number of fused-ring (bicyclic) bond motifs is 1. The number of esters is 3. The molecule has 0 unspecified atom stereocenters.